The predicted octanol–water partition coefficient (Wildman–Crippen LogP) is 2.33. The second-order valence-electron chi connectivity index (χ2n) is 7.48. The molecule has 3 amide bonds. The molecular weight excluding hydrogens is 392 g/mol. The SMILES string of the molecule is Cc1cccc(-c2nnc(SCC(=O)N3CC(=O)NC(=O)C34CCCCC4)o2)c1. The van der Waals surface area contributed by atoms with Crippen LogP contribution in [0.25, 0.3) is 11.5 Å². The van der Waals surface area contributed by atoms with Gasteiger partial charge in [0.25, 0.3) is 11.1 Å². The quantitative estimate of drug-likeness (QED) is 0.605. The molecule has 2 aliphatic rings. The van der Waals surface area contributed by atoms with Crippen molar-refractivity contribution < 1.29 is 18.8 Å². The molecule has 8 nitrogen and oxygen atoms in total. The molecule has 1 saturated heterocycles. The third kappa shape index (κ3) is 3.91. The third-order valence-corrected chi connectivity index (χ3v) is 6.27. The molecule has 1 N–H and O–H groups in total. The fraction of sp³-hybridized carbons (Fsp3) is 0.450. The lowest BCUT2D eigenvalue weighted by Gasteiger charge is -2.47. The maximum Gasteiger partial charge on any atom is 0.277 e. The highest BCUT2D eigenvalue weighted by atomic mass is 32.2. The van der Waals surface area contributed by atoms with E-state index in [1.165, 1.54) is 4.90 Å². The fourth-order valence-electron chi connectivity index (χ4n) is 4.02. The topological polar surface area (TPSA) is 105 Å². The van der Waals surface area contributed by atoms with Crippen molar-refractivity contribution in [1.82, 2.24) is 20.4 Å². The van der Waals surface area contributed by atoms with Crippen LogP contribution in [0.3, 0.4) is 0 Å². The highest BCUT2D eigenvalue weighted by Gasteiger charge is 2.50. The van der Waals surface area contributed by atoms with Crippen molar-refractivity contribution in [2.24, 2.45) is 0 Å². The van der Waals surface area contributed by atoms with E-state index in [-0.39, 0.29) is 29.3 Å². The second kappa shape index (κ2) is 7.98. The number of amides is 3. The molecule has 1 saturated carbocycles. The van der Waals surface area contributed by atoms with Gasteiger partial charge in [0.2, 0.25) is 17.7 Å². The van der Waals surface area contributed by atoms with Gasteiger partial charge in [0.15, 0.2) is 0 Å². The van der Waals surface area contributed by atoms with E-state index in [0.717, 1.165) is 42.2 Å². The molecule has 0 atom stereocenters. The van der Waals surface area contributed by atoms with Gasteiger partial charge in [-0.2, -0.15) is 0 Å². The molecule has 0 unspecified atom stereocenters. The van der Waals surface area contributed by atoms with Crippen LogP contribution in [0, 0.1) is 6.92 Å². The Morgan fingerprint density at radius 3 is 2.79 bits per heavy atom. The first kappa shape index (κ1) is 19.6. The highest BCUT2D eigenvalue weighted by Crippen LogP contribution is 2.36. The number of nitrogens with zero attached hydrogens (tertiary/aromatic N) is 3. The van der Waals surface area contributed by atoms with Gasteiger partial charge in [-0.1, -0.05) is 48.7 Å². The average Bonchev–Trinajstić information content (AvgIpc) is 3.19. The number of hydrogen-bond acceptors (Lipinski definition) is 7. The molecule has 1 spiro atoms. The zero-order valence-electron chi connectivity index (χ0n) is 16.1. The fourth-order valence-corrected chi connectivity index (χ4v) is 4.66. The lowest BCUT2D eigenvalue weighted by Crippen LogP contribution is -2.69. The van der Waals surface area contributed by atoms with Crippen molar-refractivity contribution in [3.63, 3.8) is 0 Å². The van der Waals surface area contributed by atoms with Crippen molar-refractivity contribution in [3.8, 4) is 11.5 Å². The minimum absolute atomic E-state index is 0.0256. The molecule has 1 aliphatic heterocycles. The molecule has 1 aromatic heterocycles. The number of aryl methyl sites for hydroxylation is 1. The summed E-state index contributed by atoms with van der Waals surface area (Å²) in [5.74, 6) is -0.650. The third-order valence-electron chi connectivity index (χ3n) is 5.47. The first-order valence-electron chi connectivity index (χ1n) is 9.66. The number of rotatable bonds is 4. The molecule has 1 aromatic carbocycles. The van der Waals surface area contributed by atoms with Gasteiger partial charge in [-0.25, -0.2) is 0 Å². The predicted molar refractivity (Wildman–Crippen MR) is 106 cm³/mol. The van der Waals surface area contributed by atoms with E-state index in [1.54, 1.807) is 0 Å². The van der Waals surface area contributed by atoms with E-state index in [0.29, 0.717) is 18.7 Å². The van der Waals surface area contributed by atoms with Gasteiger partial charge in [0.05, 0.1) is 5.75 Å². The van der Waals surface area contributed by atoms with Crippen LogP contribution >= 0.6 is 11.8 Å². The Hall–Kier alpha value is -2.68. The summed E-state index contributed by atoms with van der Waals surface area (Å²) in [6.07, 6.45) is 3.93. The molecule has 2 fully saturated rings. The summed E-state index contributed by atoms with van der Waals surface area (Å²) in [4.78, 5) is 38.9. The molecule has 2 heterocycles. The minimum Gasteiger partial charge on any atom is -0.411 e. The Morgan fingerprint density at radius 2 is 2.03 bits per heavy atom. The van der Waals surface area contributed by atoms with E-state index < -0.39 is 11.4 Å². The van der Waals surface area contributed by atoms with Crippen LogP contribution in [0.4, 0.5) is 0 Å². The van der Waals surface area contributed by atoms with Crippen molar-refractivity contribution in [1.29, 1.82) is 0 Å². The first-order chi connectivity index (χ1) is 14.0. The summed E-state index contributed by atoms with van der Waals surface area (Å²) in [6, 6.07) is 7.71. The van der Waals surface area contributed by atoms with E-state index in [4.69, 9.17) is 4.42 Å². The Kier molecular flexibility index (Phi) is 5.40. The summed E-state index contributed by atoms with van der Waals surface area (Å²) < 4.78 is 5.67. The lowest BCUT2D eigenvalue weighted by atomic mass is 9.78. The Balaban J connectivity index is 1.46. The van der Waals surface area contributed by atoms with Gasteiger partial charge in [0.1, 0.15) is 12.1 Å². The molecule has 0 bridgehead atoms. The maximum atomic E-state index is 12.9. The standard InChI is InChI=1S/C20H22N4O4S/c1-13-6-5-7-14(10-13)17-22-23-19(28-17)29-12-16(26)24-11-15(25)21-18(27)20(24)8-3-2-4-9-20/h5-7,10H,2-4,8-9,11-12H2,1H3,(H,21,25,27). The van der Waals surface area contributed by atoms with Gasteiger partial charge >= 0.3 is 0 Å². The summed E-state index contributed by atoms with van der Waals surface area (Å²) in [5.41, 5.74) is 0.983. The Bertz CT molecular complexity index is 951. The van der Waals surface area contributed by atoms with Crippen LogP contribution in [-0.2, 0) is 14.4 Å². The maximum absolute atomic E-state index is 12.9. The van der Waals surface area contributed by atoms with Crippen LogP contribution in [0.2, 0.25) is 0 Å². The second-order valence-corrected chi connectivity index (χ2v) is 8.41. The number of piperazine rings is 1. The van der Waals surface area contributed by atoms with Gasteiger partial charge in [-0.3, -0.25) is 19.7 Å². The number of nitrogens with one attached hydrogen (secondary N) is 1. The van der Waals surface area contributed by atoms with Crippen LogP contribution in [0.1, 0.15) is 37.7 Å². The van der Waals surface area contributed by atoms with E-state index >= 15 is 0 Å². The van der Waals surface area contributed by atoms with Crippen molar-refractivity contribution >= 4 is 29.5 Å². The summed E-state index contributed by atoms with van der Waals surface area (Å²) in [5, 5.41) is 10.7. The van der Waals surface area contributed by atoms with Crippen molar-refractivity contribution in [2.75, 3.05) is 12.3 Å². The summed E-state index contributed by atoms with van der Waals surface area (Å²) >= 11 is 1.12. The average molecular weight is 414 g/mol. The van der Waals surface area contributed by atoms with Gasteiger partial charge < -0.3 is 9.32 Å². The number of carbonyl (C=O) groups excluding carboxylic acids is 3. The largest absolute Gasteiger partial charge is 0.411 e. The Labute approximate surface area is 172 Å². The first-order valence-corrected chi connectivity index (χ1v) is 10.6. The summed E-state index contributed by atoms with van der Waals surface area (Å²) in [6.45, 7) is 1.88. The van der Waals surface area contributed by atoms with Gasteiger partial charge in [-0.05, 0) is 31.9 Å². The number of imide groups is 1. The zero-order valence-corrected chi connectivity index (χ0v) is 17.0. The molecule has 9 heteroatoms. The number of hydrogen-bond donors (Lipinski definition) is 1. The van der Waals surface area contributed by atoms with Crippen LogP contribution in [0.15, 0.2) is 33.9 Å². The van der Waals surface area contributed by atoms with Crippen molar-refractivity contribution in [2.45, 2.75) is 49.8 Å². The van der Waals surface area contributed by atoms with E-state index in [1.807, 2.05) is 31.2 Å². The monoisotopic (exact) mass is 414 g/mol. The Morgan fingerprint density at radius 1 is 1.24 bits per heavy atom. The van der Waals surface area contributed by atoms with Gasteiger partial charge in [0, 0.05) is 5.56 Å². The van der Waals surface area contributed by atoms with Gasteiger partial charge in [-0.15, -0.1) is 10.2 Å². The highest BCUT2D eigenvalue weighted by molar-refractivity contribution is 7.99. The minimum atomic E-state index is -0.911. The van der Waals surface area contributed by atoms with Crippen molar-refractivity contribution in [3.05, 3.63) is 29.8 Å². The van der Waals surface area contributed by atoms with Crippen LogP contribution in [0.5, 0.6) is 0 Å². The van der Waals surface area contributed by atoms with Crippen LogP contribution < -0.4 is 5.32 Å². The molecule has 1 aliphatic carbocycles. The molecular formula is C20H22N4O4S. The normalized spacial score (nSPS) is 18.7. The van der Waals surface area contributed by atoms with E-state index in [2.05, 4.69) is 15.5 Å². The molecule has 2 aromatic rings. The zero-order chi connectivity index (χ0) is 20.4. The number of carbonyl (C=O) groups is 3. The number of thioether (sulfide) groups is 1. The molecule has 0 radical (unpaired) electrons. The number of aromatic nitrogens is 2. The lowest BCUT2D eigenvalue weighted by molar-refractivity contribution is -0.158. The summed E-state index contributed by atoms with van der Waals surface area (Å²) in [7, 11) is 0. The molecule has 152 valence electrons. The van der Waals surface area contributed by atoms with Crippen LogP contribution in [-0.4, -0.2) is 50.7 Å². The molecule has 29 heavy (non-hydrogen) atoms. The molecule has 4 rings (SSSR count). The smallest absolute Gasteiger partial charge is 0.277 e. The van der Waals surface area contributed by atoms with E-state index in [9.17, 15) is 14.4 Å². The number of benzene rings is 1.